The van der Waals surface area contributed by atoms with Crippen LogP contribution in [-0.4, -0.2) is 78.6 Å². The molecule has 2 atom stereocenters. The van der Waals surface area contributed by atoms with Gasteiger partial charge in [0.2, 0.25) is 5.91 Å². The molecule has 3 aliphatic heterocycles. The van der Waals surface area contributed by atoms with E-state index in [-0.39, 0.29) is 23.8 Å². The number of piperazine rings is 1. The lowest BCUT2D eigenvalue weighted by molar-refractivity contribution is -0.147. The molecule has 2 aromatic rings. The van der Waals surface area contributed by atoms with Crippen LogP contribution in [0.4, 0.5) is 5.13 Å². The average molecular weight is 443 g/mol. The van der Waals surface area contributed by atoms with E-state index in [9.17, 15) is 9.59 Å². The lowest BCUT2D eigenvalue weighted by Gasteiger charge is -2.39. The van der Waals surface area contributed by atoms with Crippen molar-refractivity contribution in [3.63, 3.8) is 0 Å². The quantitative estimate of drug-likeness (QED) is 0.731. The monoisotopic (exact) mass is 442 g/mol. The van der Waals surface area contributed by atoms with Gasteiger partial charge in [0.1, 0.15) is 6.10 Å². The minimum atomic E-state index is -0.272. The normalized spacial score (nSPS) is 24.7. The number of fused-ring (bicyclic) bond motifs is 1. The number of rotatable bonds is 3. The van der Waals surface area contributed by atoms with Gasteiger partial charge >= 0.3 is 0 Å². The Morgan fingerprint density at radius 3 is 2.55 bits per heavy atom. The van der Waals surface area contributed by atoms with Gasteiger partial charge in [0.25, 0.3) is 5.91 Å². The maximum Gasteiger partial charge on any atom is 0.251 e. The molecule has 2 amide bonds. The first-order valence-electron chi connectivity index (χ1n) is 11.4. The van der Waals surface area contributed by atoms with Crippen LogP contribution in [0.15, 0.2) is 18.2 Å². The maximum atomic E-state index is 13.2. The highest BCUT2D eigenvalue weighted by molar-refractivity contribution is 7.22. The molecule has 0 N–H and O–H groups in total. The molecule has 0 bridgehead atoms. The number of hydrogen-bond acceptors (Lipinski definition) is 6. The van der Waals surface area contributed by atoms with Gasteiger partial charge in [-0.1, -0.05) is 17.4 Å². The van der Waals surface area contributed by atoms with E-state index >= 15 is 0 Å². The number of hydrogen-bond donors (Lipinski definition) is 0. The van der Waals surface area contributed by atoms with Crippen LogP contribution in [0.5, 0.6) is 0 Å². The summed E-state index contributed by atoms with van der Waals surface area (Å²) in [4.78, 5) is 36.7. The first kappa shape index (κ1) is 20.7. The molecule has 3 saturated heterocycles. The Balaban J connectivity index is 1.19. The number of piperidine rings is 1. The van der Waals surface area contributed by atoms with Crippen LogP contribution < -0.4 is 4.90 Å². The number of aromatic nitrogens is 1. The van der Waals surface area contributed by atoms with E-state index in [1.165, 1.54) is 10.3 Å². The fraction of sp³-hybridized carbons (Fsp3) is 0.609. The first-order valence-corrected chi connectivity index (χ1v) is 12.2. The number of aryl methyl sites for hydroxylation is 1. The number of carbonyl (C=O) groups excluding carboxylic acids is 2. The molecule has 3 aliphatic rings. The van der Waals surface area contributed by atoms with E-state index in [1.807, 2.05) is 9.80 Å². The fourth-order valence-electron chi connectivity index (χ4n) is 4.89. The predicted molar refractivity (Wildman–Crippen MR) is 121 cm³/mol. The molecule has 166 valence electrons. The van der Waals surface area contributed by atoms with Crippen LogP contribution in [0, 0.1) is 12.8 Å². The highest BCUT2D eigenvalue weighted by Gasteiger charge is 2.34. The van der Waals surface area contributed by atoms with Gasteiger partial charge in [-0.15, -0.1) is 0 Å². The van der Waals surface area contributed by atoms with Gasteiger partial charge in [0, 0.05) is 45.9 Å². The van der Waals surface area contributed by atoms with Crippen LogP contribution in [-0.2, 0) is 14.3 Å². The van der Waals surface area contributed by atoms with Crippen molar-refractivity contribution in [2.75, 3.05) is 50.8 Å². The fourth-order valence-corrected chi connectivity index (χ4v) is 5.99. The second-order valence-corrected chi connectivity index (χ2v) is 9.91. The van der Waals surface area contributed by atoms with Crippen molar-refractivity contribution in [3.8, 4) is 0 Å². The zero-order chi connectivity index (χ0) is 21.4. The molecule has 3 fully saturated rings. The summed E-state index contributed by atoms with van der Waals surface area (Å²) in [5.41, 5.74) is 2.28. The van der Waals surface area contributed by atoms with Crippen molar-refractivity contribution in [2.45, 2.75) is 38.7 Å². The predicted octanol–water partition coefficient (Wildman–Crippen LogP) is 2.67. The minimum absolute atomic E-state index is 0.00270. The molecule has 0 spiro atoms. The topological polar surface area (TPSA) is 66.0 Å². The summed E-state index contributed by atoms with van der Waals surface area (Å²) in [7, 11) is 0. The molecule has 31 heavy (non-hydrogen) atoms. The molecule has 8 heteroatoms. The second kappa shape index (κ2) is 8.74. The van der Waals surface area contributed by atoms with Crippen LogP contribution in [0.2, 0.25) is 0 Å². The van der Waals surface area contributed by atoms with E-state index in [1.54, 1.807) is 11.3 Å². The lowest BCUT2D eigenvalue weighted by Crippen LogP contribution is -2.55. The SMILES string of the molecule is Cc1ccc2nc(N3CCCC(C(=O)N4CCN(C(=O)C5CCCO5)CC4)C3)sc2c1. The van der Waals surface area contributed by atoms with Crippen molar-refractivity contribution in [1.29, 1.82) is 0 Å². The third-order valence-electron chi connectivity index (χ3n) is 6.68. The van der Waals surface area contributed by atoms with E-state index in [4.69, 9.17) is 9.72 Å². The van der Waals surface area contributed by atoms with Gasteiger partial charge in [0.05, 0.1) is 16.1 Å². The van der Waals surface area contributed by atoms with Crippen LogP contribution in [0.3, 0.4) is 0 Å². The maximum absolute atomic E-state index is 13.2. The first-order chi connectivity index (χ1) is 15.1. The Hall–Kier alpha value is -2.19. The Bertz CT molecular complexity index is 963. The Kier molecular flexibility index (Phi) is 5.84. The summed E-state index contributed by atoms with van der Waals surface area (Å²) in [5, 5.41) is 1.02. The summed E-state index contributed by atoms with van der Waals surface area (Å²) in [6.45, 7) is 6.92. The number of thiazole rings is 1. The highest BCUT2D eigenvalue weighted by Crippen LogP contribution is 2.32. The highest BCUT2D eigenvalue weighted by atomic mass is 32.1. The minimum Gasteiger partial charge on any atom is -0.368 e. The molecule has 0 aliphatic carbocycles. The molecule has 4 heterocycles. The standard InChI is InChI=1S/C23H30N4O3S/c1-16-6-7-18-20(14-16)31-23(24-18)27-8-2-4-17(15-27)21(28)25-9-11-26(12-10-25)22(29)19-5-3-13-30-19/h6-7,14,17,19H,2-5,8-13,15H2,1H3. The molecular weight excluding hydrogens is 412 g/mol. The molecule has 2 unspecified atom stereocenters. The van der Waals surface area contributed by atoms with Gasteiger partial charge in [0.15, 0.2) is 5.13 Å². The van der Waals surface area contributed by atoms with Gasteiger partial charge in [-0.25, -0.2) is 4.98 Å². The smallest absolute Gasteiger partial charge is 0.251 e. The summed E-state index contributed by atoms with van der Waals surface area (Å²) in [5.74, 6) is 0.327. The number of carbonyl (C=O) groups is 2. The van der Waals surface area contributed by atoms with Gasteiger partial charge in [-0.2, -0.15) is 0 Å². The number of nitrogens with zero attached hydrogens (tertiary/aromatic N) is 4. The van der Waals surface area contributed by atoms with Crippen molar-refractivity contribution < 1.29 is 14.3 Å². The van der Waals surface area contributed by atoms with Crippen LogP contribution >= 0.6 is 11.3 Å². The number of ether oxygens (including phenoxy) is 1. The summed E-state index contributed by atoms with van der Waals surface area (Å²) < 4.78 is 6.74. The Labute approximate surface area is 187 Å². The lowest BCUT2D eigenvalue weighted by atomic mass is 9.96. The second-order valence-electron chi connectivity index (χ2n) is 8.91. The van der Waals surface area contributed by atoms with E-state index in [0.29, 0.717) is 32.8 Å². The summed E-state index contributed by atoms with van der Waals surface area (Å²) >= 11 is 1.72. The zero-order valence-electron chi connectivity index (χ0n) is 18.1. The number of benzene rings is 1. The Morgan fingerprint density at radius 1 is 1.03 bits per heavy atom. The summed E-state index contributed by atoms with van der Waals surface area (Å²) in [6.07, 6.45) is 3.44. The van der Waals surface area contributed by atoms with Gasteiger partial charge in [-0.05, 0) is 50.3 Å². The molecule has 5 rings (SSSR count). The molecular formula is C23H30N4O3S. The van der Waals surface area contributed by atoms with E-state index < -0.39 is 0 Å². The Morgan fingerprint density at radius 2 is 1.81 bits per heavy atom. The molecule has 7 nitrogen and oxygen atoms in total. The van der Waals surface area contributed by atoms with Gasteiger partial charge < -0.3 is 19.4 Å². The summed E-state index contributed by atoms with van der Waals surface area (Å²) in [6, 6.07) is 6.35. The largest absolute Gasteiger partial charge is 0.368 e. The number of amides is 2. The van der Waals surface area contributed by atoms with Crippen molar-refractivity contribution in [2.24, 2.45) is 5.92 Å². The third kappa shape index (κ3) is 4.28. The van der Waals surface area contributed by atoms with Crippen LogP contribution in [0.25, 0.3) is 10.2 Å². The zero-order valence-corrected chi connectivity index (χ0v) is 18.9. The molecule has 0 saturated carbocycles. The van der Waals surface area contributed by atoms with Crippen molar-refractivity contribution in [1.82, 2.24) is 14.8 Å². The molecule has 1 aromatic heterocycles. The van der Waals surface area contributed by atoms with Crippen molar-refractivity contribution >= 4 is 38.5 Å². The molecule has 0 radical (unpaired) electrons. The molecule has 1 aromatic carbocycles. The van der Waals surface area contributed by atoms with E-state index in [0.717, 1.165) is 49.4 Å². The van der Waals surface area contributed by atoms with Crippen molar-refractivity contribution in [3.05, 3.63) is 23.8 Å². The number of anilines is 1. The van der Waals surface area contributed by atoms with E-state index in [2.05, 4.69) is 30.0 Å². The van der Waals surface area contributed by atoms with Gasteiger partial charge in [-0.3, -0.25) is 9.59 Å². The third-order valence-corrected chi connectivity index (χ3v) is 7.76. The average Bonchev–Trinajstić information content (AvgIpc) is 3.48. The van der Waals surface area contributed by atoms with Crippen LogP contribution in [0.1, 0.15) is 31.2 Å².